The smallest absolute Gasteiger partial charge is 0.262 e. The monoisotopic (exact) mass is 334 g/mol. The van der Waals surface area contributed by atoms with Crippen LogP contribution in [0.1, 0.15) is 6.92 Å². The van der Waals surface area contributed by atoms with Crippen LogP contribution in [0.3, 0.4) is 0 Å². The lowest BCUT2D eigenvalue weighted by Gasteiger charge is -2.06. The molecule has 0 fully saturated rings. The topological polar surface area (TPSA) is 34.9 Å². The van der Waals surface area contributed by atoms with Crippen molar-refractivity contribution in [2.45, 2.75) is 13.5 Å². The average molecular weight is 335 g/mol. The van der Waals surface area contributed by atoms with E-state index >= 15 is 0 Å². The average Bonchev–Trinajstić information content (AvgIpc) is 2.20. The Hall–Kier alpha value is -0.620. The predicted molar refractivity (Wildman–Crippen MR) is 69.4 cm³/mol. The van der Waals surface area contributed by atoms with E-state index < -0.39 is 0 Å². The fourth-order valence-electron chi connectivity index (χ4n) is 1.44. The molecule has 0 radical (unpaired) electrons. The van der Waals surface area contributed by atoms with Crippen molar-refractivity contribution in [1.82, 2.24) is 9.55 Å². The number of benzene rings is 1. The SMILES string of the molecule is CCn1c(Cl)nc2ccc(I)cc2c1=O. The van der Waals surface area contributed by atoms with Crippen LogP contribution in [0.5, 0.6) is 0 Å². The Morgan fingerprint density at radius 1 is 1.53 bits per heavy atom. The van der Waals surface area contributed by atoms with Crippen molar-refractivity contribution in [3.8, 4) is 0 Å². The number of fused-ring (bicyclic) bond motifs is 1. The van der Waals surface area contributed by atoms with Gasteiger partial charge >= 0.3 is 0 Å². The van der Waals surface area contributed by atoms with Crippen LogP contribution in [0.25, 0.3) is 10.9 Å². The molecule has 0 atom stereocenters. The van der Waals surface area contributed by atoms with Crippen molar-refractivity contribution >= 4 is 45.1 Å². The first-order valence-electron chi connectivity index (χ1n) is 4.49. The fourth-order valence-corrected chi connectivity index (χ4v) is 2.22. The summed E-state index contributed by atoms with van der Waals surface area (Å²) in [6, 6.07) is 5.54. The molecule has 15 heavy (non-hydrogen) atoms. The standard InChI is InChI=1S/C10H8ClIN2O/c1-2-14-9(15)7-5-6(12)3-4-8(7)13-10(14)11/h3-5H,2H2,1H3. The lowest BCUT2D eigenvalue weighted by Crippen LogP contribution is -2.21. The summed E-state index contributed by atoms with van der Waals surface area (Å²) in [5, 5.41) is 0.865. The molecule has 3 nitrogen and oxygen atoms in total. The summed E-state index contributed by atoms with van der Waals surface area (Å²) in [6.45, 7) is 2.40. The summed E-state index contributed by atoms with van der Waals surface area (Å²) in [5.74, 6) is 0. The van der Waals surface area contributed by atoms with Gasteiger partial charge in [-0.1, -0.05) is 0 Å². The second-order valence-corrected chi connectivity index (χ2v) is 4.68. The van der Waals surface area contributed by atoms with Crippen molar-refractivity contribution in [1.29, 1.82) is 0 Å². The summed E-state index contributed by atoms with van der Waals surface area (Å²) >= 11 is 8.07. The number of hydrogen-bond acceptors (Lipinski definition) is 2. The van der Waals surface area contributed by atoms with E-state index in [1.54, 1.807) is 0 Å². The zero-order chi connectivity index (χ0) is 11.0. The van der Waals surface area contributed by atoms with Gasteiger partial charge in [0.2, 0.25) is 5.28 Å². The molecule has 0 aliphatic carbocycles. The summed E-state index contributed by atoms with van der Waals surface area (Å²) in [7, 11) is 0. The Labute approximate surface area is 105 Å². The van der Waals surface area contributed by atoms with E-state index in [0.717, 1.165) is 3.57 Å². The molecule has 2 aromatic rings. The number of halogens is 2. The largest absolute Gasteiger partial charge is 0.283 e. The maximum Gasteiger partial charge on any atom is 0.262 e. The van der Waals surface area contributed by atoms with Crippen LogP contribution < -0.4 is 5.56 Å². The van der Waals surface area contributed by atoms with Crippen molar-refractivity contribution in [2.24, 2.45) is 0 Å². The van der Waals surface area contributed by atoms with Crippen LogP contribution in [-0.4, -0.2) is 9.55 Å². The van der Waals surface area contributed by atoms with Gasteiger partial charge in [-0.15, -0.1) is 0 Å². The minimum Gasteiger partial charge on any atom is -0.283 e. The molecule has 0 bridgehead atoms. The molecule has 0 saturated heterocycles. The van der Waals surface area contributed by atoms with Gasteiger partial charge in [0, 0.05) is 10.1 Å². The Balaban J connectivity index is 2.92. The Morgan fingerprint density at radius 3 is 2.93 bits per heavy atom. The third-order valence-electron chi connectivity index (χ3n) is 2.19. The van der Waals surface area contributed by atoms with E-state index in [1.807, 2.05) is 25.1 Å². The van der Waals surface area contributed by atoms with E-state index in [1.165, 1.54) is 4.57 Å². The minimum atomic E-state index is -0.0778. The Bertz CT molecular complexity index is 579. The predicted octanol–water partition coefficient (Wildman–Crippen LogP) is 2.67. The minimum absolute atomic E-state index is 0.0778. The van der Waals surface area contributed by atoms with Crippen molar-refractivity contribution in [2.75, 3.05) is 0 Å². The molecule has 5 heteroatoms. The molecule has 1 aromatic heterocycles. The summed E-state index contributed by atoms with van der Waals surface area (Å²) in [5.41, 5.74) is 0.570. The number of aromatic nitrogens is 2. The molecule has 0 aliphatic rings. The number of nitrogens with zero attached hydrogens (tertiary/aromatic N) is 2. The Kier molecular flexibility index (Phi) is 2.97. The molecule has 0 aliphatic heterocycles. The normalized spacial score (nSPS) is 10.9. The third kappa shape index (κ3) is 1.88. The van der Waals surface area contributed by atoms with E-state index in [0.29, 0.717) is 17.4 Å². The molecule has 1 heterocycles. The van der Waals surface area contributed by atoms with Gasteiger partial charge in [-0.2, -0.15) is 0 Å². The summed E-state index contributed by atoms with van der Waals surface area (Å²) < 4.78 is 2.48. The molecule has 0 unspecified atom stereocenters. The van der Waals surface area contributed by atoms with E-state index in [-0.39, 0.29) is 10.8 Å². The van der Waals surface area contributed by atoms with E-state index in [2.05, 4.69) is 27.6 Å². The van der Waals surface area contributed by atoms with Crippen LogP contribution in [0.2, 0.25) is 5.28 Å². The number of hydrogen-bond donors (Lipinski definition) is 0. The van der Waals surface area contributed by atoms with Crippen molar-refractivity contribution < 1.29 is 0 Å². The van der Waals surface area contributed by atoms with Gasteiger partial charge in [0.25, 0.3) is 5.56 Å². The number of rotatable bonds is 1. The highest BCUT2D eigenvalue weighted by atomic mass is 127. The van der Waals surface area contributed by atoms with Crippen molar-refractivity contribution in [3.05, 3.63) is 37.4 Å². The zero-order valence-corrected chi connectivity index (χ0v) is 10.9. The molecule has 2 rings (SSSR count). The van der Waals surface area contributed by atoms with Gasteiger partial charge in [-0.25, -0.2) is 4.98 Å². The van der Waals surface area contributed by atoms with Gasteiger partial charge in [0.15, 0.2) is 0 Å². The van der Waals surface area contributed by atoms with Gasteiger partial charge < -0.3 is 0 Å². The Morgan fingerprint density at radius 2 is 2.27 bits per heavy atom. The van der Waals surface area contributed by atoms with Gasteiger partial charge in [-0.05, 0) is 59.3 Å². The maximum atomic E-state index is 12.0. The van der Waals surface area contributed by atoms with E-state index in [4.69, 9.17) is 11.6 Å². The lowest BCUT2D eigenvalue weighted by molar-refractivity contribution is 0.719. The summed E-state index contributed by atoms with van der Waals surface area (Å²) in [6.07, 6.45) is 0. The molecule has 78 valence electrons. The third-order valence-corrected chi connectivity index (χ3v) is 3.15. The zero-order valence-electron chi connectivity index (χ0n) is 8.00. The highest BCUT2D eigenvalue weighted by Gasteiger charge is 2.07. The molecular weight excluding hydrogens is 326 g/mol. The highest BCUT2D eigenvalue weighted by molar-refractivity contribution is 14.1. The van der Waals surface area contributed by atoms with Gasteiger partial charge in [0.05, 0.1) is 10.9 Å². The first-order valence-corrected chi connectivity index (χ1v) is 5.94. The van der Waals surface area contributed by atoms with Crippen LogP contribution in [0.4, 0.5) is 0 Å². The first kappa shape index (κ1) is 10.9. The second kappa shape index (κ2) is 4.09. The molecule has 1 aromatic carbocycles. The van der Waals surface area contributed by atoms with Crippen LogP contribution >= 0.6 is 34.2 Å². The molecule has 0 spiro atoms. The van der Waals surface area contributed by atoms with E-state index in [9.17, 15) is 4.79 Å². The van der Waals surface area contributed by atoms with Gasteiger partial charge in [-0.3, -0.25) is 9.36 Å². The molecule has 0 amide bonds. The van der Waals surface area contributed by atoms with Crippen molar-refractivity contribution in [3.63, 3.8) is 0 Å². The maximum absolute atomic E-state index is 12.0. The summed E-state index contributed by atoms with van der Waals surface area (Å²) in [4.78, 5) is 16.1. The molecule has 0 N–H and O–H groups in total. The van der Waals surface area contributed by atoms with Crippen LogP contribution in [-0.2, 0) is 6.54 Å². The lowest BCUT2D eigenvalue weighted by atomic mass is 10.2. The highest BCUT2D eigenvalue weighted by Crippen LogP contribution is 2.14. The molecular formula is C10H8ClIN2O. The quantitative estimate of drug-likeness (QED) is 0.594. The van der Waals surface area contributed by atoms with Crippen LogP contribution in [0.15, 0.2) is 23.0 Å². The second-order valence-electron chi connectivity index (χ2n) is 3.09. The fraction of sp³-hybridized carbons (Fsp3) is 0.200. The van der Waals surface area contributed by atoms with Crippen LogP contribution in [0, 0.1) is 3.57 Å². The van der Waals surface area contributed by atoms with Gasteiger partial charge in [0.1, 0.15) is 0 Å². The molecule has 0 saturated carbocycles. The first-order chi connectivity index (χ1) is 7.13.